The Labute approximate surface area is 129 Å². The van der Waals surface area contributed by atoms with Crippen molar-refractivity contribution in [2.45, 2.75) is 13.5 Å². The number of rotatable bonds is 5. The van der Waals surface area contributed by atoms with Crippen molar-refractivity contribution in [3.05, 3.63) is 53.6 Å². The summed E-state index contributed by atoms with van der Waals surface area (Å²) < 4.78 is 10.6. The molecule has 0 saturated carbocycles. The van der Waals surface area contributed by atoms with Crippen LogP contribution in [0, 0.1) is 6.92 Å². The summed E-state index contributed by atoms with van der Waals surface area (Å²) in [7, 11) is 0. The molecule has 2 aromatic rings. The van der Waals surface area contributed by atoms with Crippen molar-refractivity contribution < 1.29 is 14.3 Å². The number of benzene rings is 2. The van der Waals surface area contributed by atoms with E-state index < -0.39 is 0 Å². The molecule has 3 rings (SSSR count). The predicted octanol–water partition coefficient (Wildman–Crippen LogP) is 2.45. The number of aryl methyl sites for hydroxylation is 1. The fourth-order valence-corrected chi connectivity index (χ4v) is 2.30. The van der Waals surface area contributed by atoms with Gasteiger partial charge in [0.25, 0.3) is 0 Å². The van der Waals surface area contributed by atoms with Gasteiger partial charge in [-0.05, 0) is 42.3 Å². The van der Waals surface area contributed by atoms with Gasteiger partial charge >= 0.3 is 0 Å². The second-order valence-corrected chi connectivity index (χ2v) is 5.21. The first-order valence-corrected chi connectivity index (χ1v) is 7.16. The van der Waals surface area contributed by atoms with Crippen molar-refractivity contribution in [1.29, 1.82) is 0 Å². The average molecular weight is 298 g/mol. The summed E-state index contributed by atoms with van der Waals surface area (Å²) in [5, 5.41) is 5.98. The zero-order valence-electron chi connectivity index (χ0n) is 12.4. The van der Waals surface area contributed by atoms with Crippen LogP contribution in [0.1, 0.15) is 11.1 Å². The van der Waals surface area contributed by atoms with Crippen molar-refractivity contribution in [2.75, 3.05) is 18.7 Å². The van der Waals surface area contributed by atoms with Gasteiger partial charge in [0.2, 0.25) is 12.7 Å². The van der Waals surface area contributed by atoms with Gasteiger partial charge in [-0.1, -0.05) is 18.2 Å². The van der Waals surface area contributed by atoms with Gasteiger partial charge in [-0.2, -0.15) is 0 Å². The molecule has 0 unspecified atom stereocenters. The molecule has 1 amide bonds. The zero-order chi connectivity index (χ0) is 15.4. The Hall–Kier alpha value is -2.53. The Morgan fingerprint density at radius 3 is 2.86 bits per heavy atom. The molecule has 1 aliphatic rings. The lowest BCUT2D eigenvalue weighted by Crippen LogP contribution is -2.27. The van der Waals surface area contributed by atoms with Gasteiger partial charge in [0.15, 0.2) is 11.5 Å². The topological polar surface area (TPSA) is 59.6 Å². The summed E-state index contributed by atoms with van der Waals surface area (Å²) in [6, 6.07) is 13.5. The third-order valence-corrected chi connectivity index (χ3v) is 3.35. The minimum Gasteiger partial charge on any atom is -0.454 e. The van der Waals surface area contributed by atoms with E-state index in [1.807, 2.05) is 49.4 Å². The van der Waals surface area contributed by atoms with Crippen LogP contribution in [0.25, 0.3) is 0 Å². The van der Waals surface area contributed by atoms with E-state index in [2.05, 4.69) is 10.6 Å². The number of ether oxygens (including phenoxy) is 2. The molecular formula is C17H18N2O3. The van der Waals surface area contributed by atoms with Gasteiger partial charge < -0.3 is 20.1 Å². The van der Waals surface area contributed by atoms with E-state index in [1.54, 1.807) is 0 Å². The van der Waals surface area contributed by atoms with Crippen molar-refractivity contribution in [2.24, 2.45) is 0 Å². The van der Waals surface area contributed by atoms with Crippen LogP contribution in [-0.2, 0) is 11.3 Å². The van der Waals surface area contributed by atoms with Crippen molar-refractivity contribution in [3.8, 4) is 11.5 Å². The highest BCUT2D eigenvalue weighted by atomic mass is 16.7. The first-order chi connectivity index (χ1) is 10.7. The normalized spacial score (nSPS) is 12.2. The largest absolute Gasteiger partial charge is 0.454 e. The molecule has 0 saturated heterocycles. The van der Waals surface area contributed by atoms with Crippen LogP contribution in [0.2, 0.25) is 0 Å². The molecule has 5 heteroatoms. The highest BCUT2D eigenvalue weighted by Gasteiger charge is 2.13. The number of nitrogens with one attached hydrogen (secondary N) is 2. The molecule has 2 aromatic carbocycles. The molecule has 0 bridgehead atoms. The summed E-state index contributed by atoms with van der Waals surface area (Å²) in [5.74, 6) is 1.45. The molecule has 22 heavy (non-hydrogen) atoms. The van der Waals surface area contributed by atoms with Crippen LogP contribution >= 0.6 is 0 Å². The highest BCUT2D eigenvalue weighted by molar-refractivity contribution is 5.92. The molecule has 5 nitrogen and oxygen atoms in total. The molecule has 1 heterocycles. The van der Waals surface area contributed by atoms with Crippen LogP contribution in [0.3, 0.4) is 0 Å². The van der Waals surface area contributed by atoms with E-state index in [1.165, 1.54) is 0 Å². The molecule has 0 spiro atoms. The summed E-state index contributed by atoms with van der Waals surface area (Å²) in [6.45, 7) is 3.11. The van der Waals surface area contributed by atoms with E-state index in [0.717, 1.165) is 28.3 Å². The number of hydrogen-bond donors (Lipinski definition) is 2. The lowest BCUT2D eigenvalue weighted by molar-refractivity contribution is -0.115. The Morgan fingerprint density at radius 2 is 2.00 bits per heavy atom. The fraction of sp³-hybridized carbons (Fsp3) is 0.235. The van der Waals surface area contributed by atoms with Crippen molar-refractivity contribution in [3.63, 3.8) is 0 Å². The van der Waals surface area contributed by atoms with Crippen molar-refractivity contribution >= 4 is 11.6 Å². The smallest absolute Gasteiger partial charge is 0.238 e. The maximum absolute atomic E-state index is 11.9. The second-order valence-electron chi connectivity index (χ2n) is 5.21. The Kier molecular flexibility index (Phi) is 4.25. The molecule has 0 atom stereocenters. The molecule has 2 N–H and O–H groups in total. The van der Waals surface area contributed by atoms with E-state index >= 15 is 0 Å². The van der Waals surface area contributed by atoms with E-state index in [-0.39, 0.29) is 19.2 Å². The predicted molar refractivity (Wildman–Crippen MR) is 84.1 cm³/mol. The summed E-state index contributed by atoms with van der Waals surface area (Å²) >= 11 is 0. The van der Waals surface area contributed by atoms with E-state index in [9.17, 15) is 4.79 Å². The Morgan fingerprint density at radius 1 is 1.14 bits per heavy atom. The van der Waals surface area contributed by atoms with Gasteiger partial charge in [-0.15, -0.1) is 0 Å². The highest BCUT2D eigenvalue weighted by Crippen LogP contribution is 2.32. The van der Waals surface area contributed by atoms with Crippen LogP contribution in [0.4, 0.5) is 5.69 Å². The number of hydrogen-bond acceptors (Lipinski definition) is 4. The van der Waals surface area contributed by atoms with Crippen molar-refractivity contribution in [1.82, 2.24) is 5.32 Å². The summed E-state index contributed by atoms with van der Waals surface area (Å²) in [4.78, 5) is 11.9. The van der Waals surface area contributed by atoms with Crippen LogP contribution < -0.4 is 20.1 Å². The molecular weight excluding hydrogens is 280 g/mol. The summed E-state index contributed by atoms with van der Waals surface area (Å²) in [5.41, 5.74) is 2.98. The van der Waals surface area contributed by atoms with Gasteiger partial charge in [-0.3, -0.25) is 4.79 Å². The molecule has 0 fully saturated rings. The van der Waals surface area contributed by atoms with Crippen LogP contribution in [0.15, 0.2) is 42.5 Å². The quantitative estimate of drug-likeness (QED) is 0.890. The lowest BCUT2D eigenvalue weighted by atomic mass is 10.2. The number of fused-ring (bicyclic) bond motifs is 1. The fourth-order valence-electron chi connectivity index (χ4n) is 2.30. The molecule has 1 aliphatic heterocycles. The zero-order valence-corrected chi connectivity index (χ0v) is 12.4. The number of carbonyl (C=O) groups is 1. The third kappa shape index (κ3) is 3.56. The molecule has 114 valence electrons. The Balaban J connectivity index is 1.47. The maximum Gasteiger partial charge on any atom is 0.238 e. The number of anilines is 1. The SMILES string of the molecule is Cc1cccc(NC(=O)CNCc2ccc3c(c2)OCO3)c1. The first kappa shape index (κ1) is 14.4. The van der Waals surface area contributed by atoms with Crippen LogP contribution in [0.5, 0.6) is 11.5 Å². The van der Waals surface area contributed by atoms with E-state index in [0.29, 0.717) is 6.54 Å². The van der Waals surface area contributed by atoms with Gasteiger partial charge in [0, 0.05) is 12.2 Å². The van der Waals surface area contributed by atoms with E-state index in [4.69, 9.17) is 9.47 Å². The molecule has 0 aliphatic carbocycles. The monoisotopic (exact) mass is 298 g/mol. The molecule has 0 radical (unpaired) electrons. The standard InChI is InChI=1S/C17H18N2O3/c1-12-3-2-4-14(7-12)19-17(20)10-18-9-13-5-6-15-16(8-13)22-11-21-15/h2-8,18H,9-11H2,1H3,(H,19,20). The van der Waals surface area contributed by atoms with Gasteiger partial charge in [0.05, 0.1) is 6.54 Å². The molecule has 0 aromatic heterocycles. The first-order valence-electron chi connectivity index (χ1n) is 7.16. The average Bonchev–Trinajstić information content (AvgIpc) is 2.95. The lowest BCUT2D eigenvalue weighted by Gasteiger charge is -2.08. The summed E-state index contributed by atoms with van der Waals surface area (Å²) in [6.07, 6.45) is 0. The maximum atomic E-state index is 11.9. The minimum atomic E-state index is -0.0636. The minimum absolute atomic E-state index is 0.0636. The number of carbonyl (C=O) groups excluding carboxylic acids is 1. The third-order valence-electron chi connectivity index (χ3n) is 3.35. The van der Waals surface area contributed by atoms with Gasteiger partial charge in [-0.25, -0.2) is 0 Å². The van der Waals surface area contributed by atoms with Gasteiger partial charge in [0.1, 0.15) is 0 Å². The van der Waals surface area contributed by atoms with Crippen LogP contribution in [-0.4, -0.2) is 19.2 Å². The second kappa shape index (κ2) is 6.49. The Bertz CT molecular complexity index is 685. The number of amides is 1.